The van der Waals surface area contributed by atoms with Crippen LogP contribution in [-0.4, -0.2) is 19.5 Å². The van der Waals surface area contributed by atoms with E-state index in [4.69, 9.17) is 15.0 Å². The Morgan fingerprint density at radius 1 is 0.314 bits per heavy atom. The van der Waals surface area contributed by atoms with Crippen molar-refractivity contribution in [3.05, 3.63) is 182 Å². The molecular weight excluding hydrogens is 621 g/mol. The van der Waals surface area contributed by atoms with E-state index in [2.05, 4.69) is 168 Å². The van der Waals surface area contributed by atoms with Gasteiger partial charge in [0.15, 0.2) is 17.5 Å². The van der Waals surface area contributed by atoms with Gasteiger partial charge in [-0.05, 0) is 57.6 Å². The summed E-state index contributed by atoms with van der Waals surface area (Å²) in [6.07, 6.45) is 0. The van der Waals surface area contributed by atoms with Gasteiger partial charge in [0.25, 0.3) is 0 Å². The van der Waals surface area contributed by atoms with Crippen molar-refractivity contribution < 1.29 is 0 Å². The van der Waals surface area contributed by atoms with Crippen LogP contribution >= 0.6 is 0 Å². The molecule has 0 aliphatic carbocycles. The van der Waals surface area contributed by atoms with E-state index >= 15 is 0 Å². The maximum atomic E-state index is 5.34. The van der Waals surface area contributed by atoms with Crippen LogP contribution in [0.1, 0.15) is 0 Å². The van der Waals surface area contributed by atoms with E-state index < -0.39 is 0 Å². The Bertz CT molecular complexity index is 2860. The fourth-order valence-corrected chi connectivity index (χ4v) is 7.48. The number of benzene rings is 8. The number of hydrogen-bond donors (Lipinski definition) is 0. The second kappa shape index (κ2) is 11.9. The van der Waals surface area contributed by atoms with Crippen LogP contribution in [0.15, 0.2) is 182 Å². The lowest BCUT2D eigenvalue weighted by molar-refractivity contribution is 1.07. The summed E-state index contributed by atoms with van der Waals surface area (Å²) in [5.74, 6) is 1.88. The van der Waals surface area contributed by atoms with Gasteiger partial charge in [0, 0.05) is 32.8 Å². The molecule has 0 bridgehead atoms. The number of aromatic nitrogens is 4. The van der Waals surface area contributed by atoms with Gasteiger partial charge in [0.1, 0.15) is 0 Å². The minimum Gasteiger partial charge on any atom is -0.308 e. The first-order valence-electron chi connectivity index (χ1n) is 17.2. The van der Waals surface area contributed by atoms with Crippen molar-refractivity contribution in [2.75, 3.05) is 0 Å². The quantitative estimate of drug-likeness (QED) is 0.186. The molecule has 0 aliphatic rings. The summed E-state index contributed by atoms with van der Waals surface area (Å²) in [5, 5.41) is 7.01. The SMILES string of the molecule is c1ccc(-c2nc(-c3cc(-c4ccccc4)c4ccccc4c3)nc(-c3ccc4ccccc4c3-n3c4ccccc4c4ccccc43)n2)cc1. The smallest absolute Gasteiger partial charge is 0.166 e. The van der Waals surface area contributed by atoms with Crippen molar-refractivity contribution in [1.82, 2.24) is 19.5 Å². The normalized spacial score (nSPS) is 11.5. The molecule has 0 spiro atoms. The third-order valence-electron chi connectivity index (χ3n) is 9.82. The van der Waals surface area contributed by atoms with Gasteiger partial charge in [-0.1, -0.05) is 152 Å². The number of nitrogens with zero attached hydrogens (tertiary/aromatic N) is 4. The van der Waals surface area contributed by atoms with Crippen LogP contribution in [0.3, 0.4) is 0 Å². The highest BCUT2D eigenvalue weighted by Crippen LogP contribution is 2.40. The molecule has 0 saturated carbocycles. The molecule has 10 aromatic rings. The average Bonchev–Trinajstić information content (AvgIpc) is 3.54. The Kier molecular flexibility index (Phi) is 6.78. The molecule has 2 heterocycles. The van der Waals surface area contributed by atoms with Crippen molar-refractivity contribution >= 4 is 43.4 Å². The van der Waals surface area contributed by atoms with Gasteiger partial charge in [0.2, 0.25) is 0 Å². The summed E-state index contributed by atoms with van der Waals surface area (Å²) in [7, 11) is 0. The lowest BCUT2D eigenvalue weighted by atomic mass is 9.95. The van der Waals surface area contributed by atoms with Crippen molar-refractivity contribution in [3.63, 3.8) is 0 Å². The molecule has 0 amide bonds. The molecule has 4 nitrogen and oxygen atoms in total. The van der Waals surface area contributed by atoms with Gasteiger partial charge in [-0.2, -0.15) is 0 Å². The lowest BCUT2D eigenvalue weighted by Gasteiger charge is -2.17. The first-order valence-corrected chi connectivity index (χ1v) is 17.2. The first kappa shape index (κ1) is 29.0. The van der Waals surface area contributed by atoms with Gasteiger partial charge in [-0.15, -0.1) is 0 Å². The zero-order valence-corrected chi connectivity index (χ0v) is 27.6. The van der Waals surface area contributed by atoms with E-state index in [1.54, 1.807) is 0 Å². The molecule has 0 N–H and O–H groups in total. The second-order valence-electron chi connectivity index (χ2n) is 12.8. The predicted molar refractivity (Wildman–Crippen MR) is 211 cm³/mol. The predicted octanol–water partition coefficient (Wildman–Crippen LogP) is 11.9. The fourth-order valence-electron chi connectivity index (χ4n) is 7.48. The van der Waals surface area contributed by atoms with Gasteiger partial charge < -0.3 is 4.57 Å². The Hall–Kier alpha value is -6.91. The topological polar surface area (TPSA) is 43.6 Å². The molecule has 10 rings (SSSR count). The minimum absolute atomic E-state index is 0.621. The van der Waals surface area contributed by atoms with Crippen LogP contribution in [0.4, 0.5) is 0 Å². The zero-order valence-electron chi connectivity index (χ0n) is 27.6. The van der Waals surface area contributed by atoms with Crippen LogP contribution in [0.5, 0.6) is 0 Å². The maximum Gasteiger partial charge on any atom is 0.166 e. The summed E-state index contributed by atoms with van der Waals surface area (Å²) < 4.78 is 2.39. The van der Waals surface area contributed by atoms with Gasteiger partial charge >= 0.3 is 0 Å². The van der Waals surface area contributed by atoms with Crippen molar-refractivity contribution in [1.29, 1.82) is 0 Å². The maximum absolute atomic E-state index is 5.34. The van der Waals surface area contributed by atoms with Crippen LogP contribution in [0.2, 0.25) is 0 Å². The molecule has 0 saturated heterocycles. The molecular formula is C47H30N4. The van der Waals surface area contributed by atoms with E-state index in [0.717, 1.165) is 60.7 Å². The van der Waals surface area contributed by atoms with Crippen molar-refractivity contribution in [2.24, 2.45) is 0 Å². The molecule has 4 heteroatoms. The highest BCUT2D eigenvalue weighted by atomic mass is 15.1. The summed E-state index contributed by atoms with van der Waals surface area (Å²) in [4.78, 5) is 15.8. The van der Waals surface area contributed by atoms with Crippen LogP contribution in [-0.2, 0) is 0 Å². The highest BCUT2D eigenvalue weighted by Gasteiger charge is 2.21. The van der Waals surface area contributed by atoms with Crippen molar-refractivity contribution in [3.8, 4) is 51.0 Å². The minimum atomic E-state index is 0.621. The van der Waals surface area contributed by atoms with Gasteiger partial charge in [-0.25, -0.2) is 15.0 Å². The van der Waals surface area contributed by atoms with Crippen molar-refractivity contribution in [2.45, 2.75) is 0 Å². The Morgan fingerprint density at radius 3 is 1.51 bits per heavy atom. The monoisotopic (exact) mass is 650 g/mol. The third kappa shape index (κ3) is 4.88. The largest absolute Gasteiger partial charge is 0.308 e. The molecule has 0 fully saturated rings. The van der Waals surface area contributed by atoms with Crippen LogP contribution in [0, 0.1) is 0 Å². The number of fused-ring (bicyclic) bond motifs is 5. The molecule has 8 aromatic carbocycles. The van der Waals surface area contributed by atoms with E-state index in [-0.39, 0.29) is 0 Å². The molecule has 0 atom stereocenters. The highest BCUT2D eigenvalue weighted by molar-refractivity contribution is 6.12. The van der Waals surface area contributed by atoms with E-state index in [0.29, 0.717) is 17.5 Å². The van der Waals surface area contributed by atoms with Gasteiger partial charge in [-0.3, -0.25) is 0 Å². The molecule has 51 heavy (non-hydrogen) atoms. The molecule has 0 unspecified atom stereocenters. The molecule has 0 radical (unpaired) electrons. The number of para-hydroxylation sites is 2. The standard InChI is InChI=1S/C47H30N4/c1-3-15-31(16-4-1)41-30-35(29-34-20-8-9-21-36(34)41)46-48-45(33-18-5-2-6-19-33)49-47(50-46)40-28-27-32-17-7-10-22-37(32)44(40)51-42-25-13-11-23-38(42)39-24-12-14-26-43(39)51/h1-30H. The summed E-state index contributed by atoms with van der Waals surface area (Å²) >= 11 is 0. The second-order valence-corrected chi connectivity index (χ2v) is 12.8. The summed E-state index contributed by atoms with van der Waals surface area (Å²) in [5.41, 5.74) is 8.42. The number of hydrogen-bond acceptors (Lipinski definition) is 3. The van der Waals surface area contributed by atoms with Crippen LogP contribution < -0.4 is 0 Å². The Labute approximate surface area is 295 Å². The first-order chi connectivity index (χ1) is 25.3. The molecule has 238 valence electrons. The fraction of sp³-hybridized carbons (Fsp3) is 0. The van der Waals surface area contributed by atoms with E-state index in [1.807, 2.05) is 18.2 Å². The third-order valence-corrected chi connectivity index (χ3v) is 9.82. The molecule has 2 aromatic heterocycles. The average molecular weight is 651 g/mol. The number of rotatable bonds is 5. The summed E-state index contributed by atoms with van der Waals surface area (Å²) in [6, 6.07) is 63.9. The lowest BCUT2D eigenvalue weighted by Crippen LogP contribution is -2.04. The van der Waals surface area contributed by atoms with Crippen LogP contribution in [0.25, 0.3) is 94.3 Å². The summed E-state index contributed by atoms with van der Waals surface area (Å²) in [6.45, 7) is 0. The molecule has 0 aliphatic heterocycles. The van der Waals surface area contributed by atoms with E-state index in [1.165, 1.54) is 16.2 Å². The Balaban J connectivity index is 1.29. The van der Waals surface area contributed by atoms with Gasteiger partial charge in [0.05, 0.1) is 16.7 Å². The Morgan fingerprint density at radius 2 is 0.824 bits per heavy atom. The van der Waals surface area contributed by atoms with E-state index in [9.17, 15) is 0 Å². The zero-order chi connectivity index (χ0) is 33.7.